The number of fused-ring (bicyclic) bond motifs is 1. The van der Waals surface area contributed by atoms with Crippen LogP contribution in [0.1, 0.15) is 22.8 Å². The summed E-state index contributed by atoms with van der Waals surface area (Å²) in [5.41, 5.74) is 6.25. The van der Waals surface area contributed by atoms with Gasteiger partial charge >= 0.3 is 5.63 Å². The van der Waals surface area contributed by atoms with Crippen LogP contribution in [0.2, 0.25) is 0 Å². The largest absolute Gasteiger partial charge is 0.440 e. The summed E-state index contributed by atoms with van der Waals surface area (Å²) in [5, 5.41) is 18.5. The third-order valence-corrected chi connectivity index (χ3v) is 3.47. The third kappa shape index (κ3) is 2.14. The molecule has 2 heterocycles. The van der Waals surface area contributed by atoms with Gasteiger partial charge in [-0.25, -0.2) is 4.79 Å². The average molecular weight is 296 g/mol. The molecule has 0 saturated carbocycles. The fourth-order valence-electron chi connectivity index (χ4n) is 2.51. The molecule has 2 aromatic rings. The lowest BCUT2D eigenvalue weighted by Gasteiger charge is -2.25. The second-order valence-electron chi connectivity index (χ2n) is 4.77. The van der Waals surface area contributed by atoms with Crippen LogP contribution in [0.5, 0.6) is 5.75 Å². The second kappa shape index (κ2) is 5.39. The van der Waals surface area contributed by atoms with Crippen molar-refractivity contribution < 1.29 is 14.3 Å². The SMILES string of the molecule is N#CC1=C(N)Oc2cc(CO)oc(=O)c2[C@H]1c1ccccc1. The van der Waals surface area contributed by atoms with Crippen LogP contribution in [0, 0.1) is 11.3 Å². The van der Waals surface area contributed by atoms with Crippen LogP contribution < -0.4 is 16.1 Å². The van der Waals surface area contributed by atoms with Crippen LogP contribution in [-0.4, -0.2) is 5.11 Å². The number of hydrogen-bond donors (Lipinski definition) is 2. The first-order chi connectivity index (χ1) is 10.7. The van der Waals surface area contributed by atoms with Crippen molar-refractivity contribution in [2.75, 3.05) is 0 Å². The maximum atomic E-state index is 12.3. The Labute approximate surface area is 125 Å². The summed E-state index contributed by atoms with van der Waals surface area (Å²) >= 11 is 0. The van der Waals surface area contributed by atoms with Crippen LogP contribution in [0.15, 0.2) is 57.1 Å². The number of nitrogens with two attached hydrogens (primary N) is 1. The molecule has 1 aromatic carbocycles. The Balaban J connectivity index is 2.29. The van der Waals surface area contributed by atoms with Crippen LogP contribution in [-0.2, 0) is 6.61 Å². The summed E-state index contributed by atoms with van der Waals surface area (Å²) in [6.45, 7) is -0.434. The minimum absolute atomic E-state index is 0.0571. The van der Waals surface area contributed by atoms with E-state index in [4.69, 9.17) is 20.0 Å². The van der Waals surface area contributed by atoms with E-state index in [2.05, 4.69) is 0 Å². The monoisotopic (exact) mass is 296 g/mol. The Morgan fingerprint density at radius 1 is 1.32 bits per heavy atom. The highest BCUT2D eigenvalue weighted by molar-refractivity contribution is 5.54. The Bertz CT molecular complexity index is 847. The van der Waals surface area contributed by atoms with E-state index in [-0.39, 0.29) is 28.5 Å². The quantitative estimate of drug-likeness (QED) is 0.865. The molecule has 110 valence electrons. The Hall–Kier alpha value is -3.04. The number of rotatable bonds is 2. The zero-order chi connectivity index (χ0) is 15.7. The zero-order valence-corrected chi connectivity index (χ0v) is 11.4. The fraction of sp³-hybridized carbons (Fsp3) is 0.125. The van der Waals surface area contributed by atoms with Gasteiger partial charge in [0.25, 0.3) is 0 Å². The molecular formula is C16H12N2O4. The normalized spacial score (nSPS) is 16.6. The van der Waals surface area contributed by atoms with Crippen LogP contribution in [0.4, 0.5) is 0 Å². The van der Waals surface area contributed by atoms with Crippen molar-refractivity contribution in [1.82, 2.24) is 0 Å². The Morgan fingerprint density at radius 3 is 2.68 bits per heavy atom. The smallest absolute Gasteiger partial charge is 0.343 e. The zero-order valence-electron chi connectivity index (χ0n) is 11.4. The molecule has 1 atom stereocenters. The molecule has 1 aliphatic heterocycles. The lowest BCUT2D eigenvalue weighted by atomic mass is 9.84. The minimum Gasteiger partial charge on any atom is -0.440 e. The molecule has 1 aliphatic rings. The molecule has 0 amide bonds. The van der Waals surface area contributed by atoms with Gasteiger partial charge in [0.1, 0.15) is 29.8 Å². The summed E-state index contributed by atoms with van der Waals surface area (Å²) in [6, 6.07) is 12.4. The molecule has 0 fully saturated rings. The summed E-state index contributed by atoms with van der Waals surface area (Å²) in [5.74, 6) is -0.438. The molecule has 0 aliphatic carbocycles. The lowest BCUT2D eigenvalue weighted by molar-refractivity contribution is 0.236. The Morgan fingerprint density at radius 2 is 2.05 bits per heavy atom. The summed E-state index contributed by atoms with van der Waals surface area (Å²) in [7, 11) is 0. The summed E-state index contributed by atoms with van der Waals surface area (Å²) < 4.78 is 10.4. The molecule has 1 aromatic heterocycles. The molecular weight excluding hydrogens is 284 g/mol. The number of nitriles is 1. The molecule has 0 unspecified atom stereocenters. The fourth-order valence-corrected chi connectivity index (χ4v) is 2.51. The van der Waals surface area contributed by atoms with Crippen LogP contribution in [0.3, 0.4) is 0 Å². The highest BCUT2D eigenvalue weighted by Gasteiger charge is 2.34. The highest BCUT2D eigenvalue weighted by atomic mass is 16.5. The van der Waals surface area contributed by atoms with Crippen molar-refractivity contribution >= 4 is 0 Å². The standard InChI is InChI=1S/C16H12N2O4/c17-7-11-13(9-4-2-1-3-5-9)14-12(22-15(11)18)6-10(8-19)21-16(14)20/h1-6,13,19H,8,18H2/t13-/m0/s1. The summed E-state index contributed by atoms with van der Waals surface area (Å²) in [4.78, 5) is 12.3. The number of aliphatic hydroxyl groups excluding tert-OH is 1. The van der Waals surface area contributed by atoms with E-state index < -0.39 is 18.2 Å². The predicted octanol–water partition coefficient (Wildman–Crippen LogP) is 1.35. The van der Waals surface area contributed by atoms with E-state index in [9.17, 15) is 10.1 Å². The van der Waals surface area contributed by atoms with Gasteiger partial charge in [-0.2, -0.15) is 5.26 Å². The van der Waals surface area contributed by atoms with Gasteiger partial charge in [0.15, 0.2) is 0 Å². The number of nitrogens with zero attached hydrogens (tertiary/aromatic N) is 1. The van der Waals surface area contributed by atoms with Crippen LogP contribution in [0.25, 0.3) is 0 Å². The van der Waals surface area contributed by atoms with E-state index in [1.54, 1.807) is 24.3 Å². The molecule has 0 radical (unpaired) electrons. The van der Waals surface area contributed by atoms with Gasteiger partial charge in [0.2, 0.25) is 5.88 Å². The van der Waals surface area contributed by atoms with E-state index in [1.807, 2.05) is 12.1 Å². The summed E-state index contributed by atoms with van der Waals surface area (Å²) in [6.07, 6.45) is 0. The first-order valence-electron chi connectivity index (χ1n) is 6.56. The topological polar surface area (TPSA) is 109 Å². The molecule has 0 saturated heterocycles. The molecule has 0 spiro atoms. The van der Waals surface area contributed by atoms with Crippen molar-refractivity contribution in [2.24, 2.45) is 5.73 Å². The number of allylic oxidation sites excluding steroid dienone is 1. The maximum Gasteiger partial charge on any atom is 0.343 e. The number of aliphatic hydroxyl groups is 1. The highest BCUT2D eigenvalue weighted by Crippen LogP contribution is 2.40. The average Bonchev–Trinajstić information content (AvgIpc) is 2.54. The minimum atomic E-state index is -0.657. The van der Waals surface area contributed by atoms with Gasteiger partial charge in [-0.15, -0.1) is 0 Å². The first-order valence-corrected chi connectivity index (χ1v) is 6.56. The Kier molecular flexibility index (Phi) is 3.41. The lowest BCUT2D eigenvalue weighted by Crippen LogP contribution is -2.26. The van der Waals surface area contributed by atoms with E-state index in [0.717, 1.165) is 5.56 Å². The van der Waals surface area contributed by atoms with Crippen molar-refractivity contribution in [2.45, 2.75) is 12.5 Å². The van der Waals surface area contributed by atoms with Gasteiger partial charge in [-0.1, -0.05) is 30.3 Å². The molecule has 6 nitrogen and oxygen atoms in total. The van der Waals surface area contributed by atoms with E-state index in [0.29, 0.717) is 0 Å². The van der Waals surface area contributed by atoms with Crippen molar-refractivity contribution in [1.29, 1.82) is 5.26 Å². The van der Waals surface area contributed by atoms with Gasteiger partial charge in [-0.05, 0) is 5.56 Å². The molecule has 6 heteroatoms. The van der Waals surface area contributed by atoms with Crippen molar-refractivity contribution in [3.63, 3.8) is 0 Å². The predicted molar refractivity (Wildman–Crippen MR) is 76.6 cm³/mol. The van der Waals surface area contributed by atoms with E-state index >= 15 is 0 Å². The third-order valence-electron chi connectivity index (χ3n) is 3.47. The van der Waals surface area contributed by atoms with Gasteiger partial charge in [0.05, 0.1) is 11.5 Å². The van der Waals surface area contributed by atoms with E-state index in [1.165, 1.54) is 6.07 Å². The molecule has 3 rings (SSSR count). The molecule has 22 heavy (non-hydrogen) atoms. The van der Waals surface area contributed by atoms with Crippen molar-refractivity contribution in [3.05, 3.63) is 75.2 Å². The van der Waals surface area contributed by atoms with Gasteiger partial charge in [0, 0.05) is 6.07 Å². The van der Waals surface area contributed by atoms with Gasteiger partial charge < -0.3 is 20.0 Å². The molecule has 0 bridgehead atoms. The molecule has 3 N–H and O–H groups in total. The second-order valence-corrected chi connectivity index (χ2v) is 4.77. The number of ether oxygens (including phenoxy) is 1. The number of hydrogen-bond acceptors (Lipinski definition) is 6. The number of benzene rings is 1. The van der Waals surface area contributed by atoms with Crippen LogP contribution >= 0.6 is 0 Å². The van der Waals surface area contributed by atoms with Crippen molar-refractivity contribution in [3.8, 4) is 11.8 Å². The first kappa shape index (κ1) is 13.9. The van der Waals surface area contributed by atoms with Gasteiger partial charge in [-0.3, -0.25) is 0 Å². The maximum absolute atomic E-state index is 12.3.